The summed E-state index contributed by atoms with van der Waals surface area (Å²) in [6.07, 6.45) is -0.892. The molecule has 26 heavy (non-hydrogen) atoms. The average molecular weight is 383 g/mol. The van der Waals surface area contributed by atoms with Crippen LogP contribution in [0.25, 0.3) is 0 Å². The van der Waals surface area contributed by atoms with Crippen molar-refractivity contribution in [3.63, 3.8) is 0 Å². The minimum absolute atomic E-state index is 0.200. The highest BCUT2D eigenvalue weighted by Crippen LogP contribution is 2.40. The molecule has 3 heterocycles. The smallest absolute Gasteiger partial charge is 0.408 e. The fourth-order valence-corrected chi connectivity index (χ4v) is 4.69. The van der Waals surface area contributed by atoms with E-state index in [2.05, 4.69) is 10.3 Å². The number of alkyl carbamates (subject to hydrolysis) is 1. The lowest BCUT2D eigenvalue weighted by Crippen LogP contribution is -2.69. The summed E-state index contributed by atoms with van der Waals surface area (Å²) in [5.74, 6) is -1.21. The number of thiazole rings is 1. The van der Waals surface area contributed by atoms with Crippen molar-refractivity contribution in [2.75, 3.05) is 13.2 Å². The molecule has 4 N–H and O–H groups in total. The van der Waals surface area contributed by atoms with Crippen LogP contribution in [0.4, 0.5) is 4.79 Å². The van der Waals surface area contributed by atoms with Gasteiger partial charge in [-0.05, 0) is 13.8 Å². The molecule has 9 nitrogen and oxygen atoms in total. The van der Waals surface area contributed by atoms with Crippen LogP contribution >= 0.6 is 11.3 Å². The van der Waals surface area contributed by atoms with E-state index in [1.165, 1.54) is 18.3 Å². The van der Waals surface area contributed by atoms with Crippen molar-refractivity contribution in [1.82, 2.24) is 10.3 Å². The van der Waals surface area contributed by atoms with Gasteiger partial charge in [0.2, 0.25) is 0 Å². The van der Waals surface area contributed by atoms with Crippen molar-refractivity contribution in [2.24, 2.45) is 5.73 Å². The predicted molar refractivity (Wildman–Crippen MR) is 92.0 cm³/mol. The summed E-state index contributed by atoms with van der Waals surface area (Å²) >= 11 is 1.42. The Bertz CT molecular complexity index is 710. The number of cyclic esters (lactones) is 1. The molecule has 142 valence electrons. The molecule has 1 aromatic rings. The highest BCUT2D eigenvalue weighted by molar-refractivity contribution is 7.07. The Labute approximate surface area is 154 Å². The van der Waals surface area contributed by atoms with E-state index in [9.17, 15) is 19.5 Å². The molecule has 0 aliphatic carbocycles. The Morgan fingerprint density at radius 1 is 1.58 bits per heavy atom. The second-order valence-corrected chi connectivity index (χ2v) is 7.57. The molecular formula is C16H23N4O5S+. The second-order valence-electron chi connectivity index (χ2n) is 6.85. The number of aliphatic hydroxyl groups excluding tert-OH is 1. The van der Waals surface area contributed by atoms with E-state index < -0.39 is 46.6 Å². The summed E-state index contributed by atoms with van der Waals surface area (Å²) in [5.41, 5.74) is 8.28. The first-order valence-corrected chi connectivity index (χ1v) is 9.45. The molecule has 0 spiro atoms. The second kappa shape index (κ2) is 7.03. The molecule has 6 atom stereocenters. The summed E-state index contributed by atoms with van der Waals surface area (Å²) in [4.78, 5) is 42.3. The maximum absolute atomic E-state index is 13.4. The van der Waals surface area contributed by atoms with Crippen LogP contribution in [0.1, 0.15) is 31.9 Å². The van der Waals surface area contributed by atoms with Crippen molar-refractivity contribution < 1.29 is 28.7 Å². The fraction of sp³-hybridized carbons (Fsp3) is 0.625. The first-order chi connectivity index (χ1) is 12.3. The molecule has 2 aliphatic rings. The number of rotatable bonds is 4. The summed E-state index contributed by atoms with van der Waals surface area (Å²) in [6.45, 7) is 2.94. The minimum atomic E-state index is -0.964. The lowest BCUT2D eigenvalue weighted by Gasteiger charge is -2.37. The fourth-order valence-electron chi connectivity index (χ4n) is 4.07. The molecule has 0 saturated carbocycles. The number of likely N-dealkylation sites (tertiary alicyclic amines) is 1. The van der Waals surface area contributed by atoms with Gasteiger partial charge in [-0.25, -0.2) is 19.4 Å². The molecule has 3 rings (SSSR count). The number of amides is 3. The number of hydrogen-bond donors (Lipinski definition) is 3. The SMILES string of the molecule is CC1OC(=O)NC1C(=O)[N@@+]1(C(=O)[C@H](C)N)CC[C@H](c2cscn2)[C@H]1CO. The molecular weight excluding hydrogens is 360 g/mol. The van der Waals surface area contributed by atoms with Gasteiger partial charge in [0, 0.05) is 11.8 Å². The third-order valence-corrected chi connectivity index (χ3v) is 5.92. The number of nitrogens with two attached hydrogens (primary N) is 1. The highest BCUT2D eigenvalue weighted by Gasteiger charge is 2.62. The van der Waals surface area contributed by atoms with Crippen LogP contribution < -0.4 is 11.1 Å². The van der Waals surface area contributed by atoms with E-state index >= 15 is 0 Å². The molecule has 2 saturated heterocycles. The van der Waals surface area contributed by atoms with Gasteiger partial charge >= 0.3 is 17.9 Å². The molecule has 2 fully saturated rings. The van der Waals surface area contributed by atoms with Gasteiger partial charge in [-0.3, -0.25) is 0 Å². The Balaban J connectivity index is 2.03. The summed E-state index contributed by atoms with van der Waals surface area (Å²) in [6, 6.07) is -2.56. The summed E-state index contributed by atoms with van der Waals surface area (Å²) in [5, 5.41) is 14.4. The quantitative estimate of drug-likeness (QED) is 0.609. The van der Waals surface area contributed by atoms with Gasteiger partial charge in [-0.2, -0.15) is 4.48 Å². The molecule has 0 radical (unpaired) electrons. The zero-order valence-electron chi connectivity index (χ0n) is 14.6. The topological polar surface area (TPSA) is 132 Å². The number of quaternary nitrogens is 1. The van der Waals surface area contributed by atoms with Gasteiger partial charge in [0.1, 0.15) is 18.2 Å². The number of hydrogen-bond acceptors (Lipinski definition) is 8. The van der Waals surface area contributed by atoms with Crippen LogP contribution in [0, 0.1) is 0 Å². The number of aromatic nitrogens is 1. The minimum Gasteiger partial charge on any atom is -0.444 e. The molecule has 3 amide bonds. The van der Waals surface area contributed by atoms with E-state index in [1.54, 1.807) is 12.4 Å². The summed E-state index contributed by atoms with van der Waals surface area (Å²) < 4.78 is 4.41. The number of nitrogens with one attached hydrogen (secondary N) is 1. The van der Waals surface area contributed by atoms with E-state index in [-0.39, 0.29) is 19.1 Å². The van der Waals surface area contributed by atoms with Crippen molar-refractivity contribution in [2.45, 2.75) is 50.4 Å². The van der Waals surface area contributed by atoms with Crippen LogP contribution in [0.15, 0.2) is 10.9 Å². The van der Waals surface area contributed by atoms with Gasteiger partial charge in [0.25, 0.3) is 0 Å². The summed E-state index contributed by atoms with van der Waals surface area (Å²) in [7, 11) is 0. The standard InChI is InChI=1S/C16H22N4O5S/c1-8(17)14(22)20(15(23)13-9(2)25-16(24)19-13)4-3-10(12(20)5-21)11-6-26-7-18-11/h6-10,12-13,21H,3-5,17H2,1-2H3/p+1/t8-,9?,10+,12+,13?,20-/m0/s1. The van der Waals surface area contributed by atoms with E-state index in [0.29, 0.717) is 6.42 Å². The largest absolute Gasteiger partial charge is 0.444 e. The predicted octanol–water partition coefficient (Wildman–Crippen LogP) is -0.295. The third-order valence-electron chi connectivity index (χ3n) is 5.32. The van der Waals surface area contributed by atoms with E-state index in [1.807, 2.05) is 5.38 Å². The maximum Gasteiger partial charge on any atom is 0.408 e. The average Bonchev–Trinajstić information content (AvgIpc) is 3.31. The van der Waals surface area contributed by atoms with Crippen LogP contribution in [-0.2, 0) is 14.3 Å². The monoisotopic (exact) mass is 383 g/mol. The van der Waals surface area contributed by atoms with Crippen molar-refractivity contribution in [3.05, 3.63) is 16.6 Å². The maximum atomic E-state index is 13.4. The van der Waals surface area contributed by atoms with E-state index in [4.69, 9.17) is 10.5 Å². The number of aliphatic hydroxyl groups is 1. The van der Waals surface area contributed by atoms with Gasteiger partial charge in [0.15, 0.2) is 6.04 Å². The van der Waals surface area contributed by atoms with Crippen LogP contribution in [0.3, 0.4) is 0 Å². The lowest BCUT2D eigenvalue weighted by atomic mass is 9.96. The number of ether oxygens (including phenoxy) is 1. The first kappa shape index (κ1) is 18.9. The Hall–Kier alpha value is -1.88. The molecule has 0 bridgehead atoms. The van der Waals surface area contributed by atoms with Gasteiger partial charge < -0.3 is 20.9 Å². The Morgan fingerprint density at radius 2 is 2.31 bits per heavy atom. The Kier molecular flexibility index (Phi) is 5.11. The van der Waals surface area contributed by atoms with Crippen molar-refractivity contribution >= 4 is 29.2 Å². The number of imide groups is 1. The number of carbonyl (C=O) groups excluding carboxylic acids is 3. The molecule has 0 aromatic carbocycles. The number of carbonyl (C=O) groups is 3. The zero-order valence-corrected chi connectivity index (χ0v) is 15.4. The molecule has 2 unspecified atom stereocenters. The first-order valence-electron chi connectivity index (χ1n) is 8.51. The zero-order chi connectivity index (χ0) is 19.1. The van der Waals surface area contributed by atoms with Gasteiger partial charge in [-0.1, -0.05) is 0 Å². The van der Waals surface area contributed by atoms with Crippen molar-refractivity contribution in [1.29, 1.82) is 0 Å². The van der Waals surface area contributed by atoms with E-state index in [0.717, 1.165) is 5.69 Å². The van der Waals surface area contributed by atoms with Gasteiger partial charge in [-0.15, -0.1) is 11.3 Å². The van der Waals surface area contributed by atoms with Crippen molar-refractivity contribution in [3.8, 4) is 0 Å². The normalized spacial score (nSPS) is 35.0. The van der Waals surface area contributed by atoms with Crippen LogP contribution in [-0.4, -0.2) is 69.9 Å². The van der Waals surface area contributed by atoms with Crippen LogP contribution in [0.5, 0.6) is 0 Å². The van der Waals surface area contributed by atoms with Gasteiger partial charge in [0.05, 0.1) is 30.3 Å². The molecule has 1 aromatic heterocycles. The lowest BCUT2D eigenvalue weighted by molar-refractivity contribution is -0.795. The highest BCUT2D eigenvalue weighted by atomic mass is 32.1. The number of nitrogens with zero attached hydrogens (tertiary/aromatic N) is 2. The Morgan fingerprint density at radius 3 is 2.81 bits per heavy atom. The molecule has 10 heteroatoms. The third kappa shape index (κ3) is 2.82. The van der Waals surface area contributed by atoms with Crippen LogP contribution in [0.2, 0.25) is 0 Å². The molecule has 2 aliphatic heterocycles.